The van der Waals surface area contributed by atoms with Crippen LogP contribution < -0.4 is 10.0 Å². The zero-order chi connectivity index (χ0) is 25.6. The van der Waals surface area contributed by atoms with E-state index >= 15 is 0 Å². The van der Waals surface area contributed by atoms with Gasteiger partial charge in [-0.15, -0.1) is 0 Å². The van der Waals surface area contributed by atoms with E-state index in [4.69, 9.17) is 4.74 Å². The summed E-state index contributed by atoms with van der Waals surface area (Å²) in [6, 6.07) is 16.9. The number of hydrogen-bond donors (Lipinski definition) is 2. The monoisotopic (exact) mass is 496 g/mol. The fourth-order valence-corrected chi connectivity index (χ4v) is 4.52. The molecule has 0 bridgehead atoms. The summed E-state index contributed by atoms with van der Waals surface area (Å²) in [5, 5.41) is 2.53. The van der Waals surface area contributed by atoms with Gasteiger partial charge in [-0.1, -0.05) is 18.2 Å². The first-order valence-corrected chi connectivity index (χ1v) is 11.9. The van der Waals surface area contributed by atoms with Crippen molar-refractivity contribution in [2.75, 3.05) is 23.8 Å². The zero-order valence-electron chi connectivity index (χ0n) is 19.3. The van der Waals surface area contributed by atoms with E-state index in [1.165, 1.54) is 43.5 Å². The highest BCUT2D eigenvalue weighted by molar-refractivity contribution is 7.92. The van der Waals surface area contributed by atoms with Gasteiger partial charge in [-0.25, -0.2) is 18.0 Å². The van der Waals surface area contributed by atoms with Gasteiger partial charge in [0.05, 0.1) is 23.1 Å². The number of esters is 2. The highest BCUT2D eigenvalue weighted by Gasteiger charge is 2.18. The number of nitrogens with one attached hydrogen (secondary N) is 2. The number of carbonyl (C=O) groups excluding carboxylic acids is 3. The van der Waals surface area contributed by atoms with Gasteiger partial charge in [0.25, 0.3) is 15.9 Å². The molecular formula is C25H24N2O7S. The molecule has 182 valence electrons. The molecule has 0 saturated heterocycles. The molecule has 35 heavy (non-hydrogen) atoms. The van der Waals surface area contributed by atoms with Gasteiger partial charge >= 0.3 is 11.9 Å². The average Bonchev–Trinajstić information content (AvgIpc) is 2.83. The normalized spacial score (nSPS) is 10.8. The number of ether oxygens (including phenoxy) is 2. The molecule has 2 N–H and O–H groups in total. The Bertz CT molecular complexity index is 1370. The molecule has 0 saturated carbocycles. The van der Waals surface area contributed by atoms with Gasteiger partial charge in [-0.05, 0) is 73.5 Å². The fourth-order valence-electron chi connectivity index (χ4n) is 3.13. The van der Waals surface area contributed by atoms with Crippen molar-refractivity contribution < 1.29 is 32.3 Å². The van der Waals surface area contributed by atoms with Crippen LogP contribution in [0.5, 0.6) is 0 Å². The Kier molecular flexibility index (Phi) is 7.87. The van der Waals surface area contributed by atoms with Crippen molar-refractivity contribution in [3.8, 4) is 0 Å². The van der Waals surface area contributed by atoms with E-state index in [1.807, 2.05) is 6.07 Å². The SMILES string of the molecule is COC(=O)c1cccc(NC(=O)COC(=O)c2ccc(NS(=O)(=O)c3cc(C)ccc3C)cc2)c1. The molecule has 0 fully saturated rings. The van der Waals surface area contributed by atoms with E-state index < -0.39 is 34.5 Å². The van der Waals surface area contributed by atoms with Crippen LogP contribution >= 0.6 is 0 Å². The molecule has 0 aliphatic rings. The van der Waals surface area contributed by atoms with Crippen molar-refractivity contribution in [1.29, 1.82) is 0 Å². The maximum Gasteiger partial charge on any atom is 0.338 e. The van der Waals surface area contributed by atoms with Crippen molar-refractivity contribution in [2.24, 2.45) is 0 Å². The van der Waals surface area contributed by atoms with Crippen LogP contribution in [0.25, 0.3) is 0 Å². The van der Waals surface area contributed by atoms with Gasteiger partial charge in [0, 0.05) is 11.4 Å². The molecule has 9 nitrogen and oxygen atoms in total. The first kappa shape index (κ1) is 25.4. The smallest absolute Gasteiger partial charge is 0.338 e. The lowest BCUT2D eigenvalue weighted by Gasteiger charge is -2.12. The molecule has 3 aromatic carbocycles. The molecule has 0 aliphatic carbocycles. The van der Waals surface area contributed by atoms with E-state index in [1.54, 1.807) is 38.1 Å². The molecule has 0 aromatic heterocycles. The van der Waals surface area contributed by atoms with E-state index in [9.17, 15) is 22.8 Å². The molecule has 3 aromatic rings. The Morgan fingerprint density at radius 3 is 2.23 bits per heavy atom. The molecule has 3 rings (SSSR count). The Hall–Kier alpha value is -4.18. The third-order valence-electron chi connectivity index (χ3n) is 4.91. The van der Waals surface area contributed by atoms with Crippen LogP contribution in [0.2, 0.25) is 0 Å². The van der Waals surface area contributed by atoms with Crippen LogP contribution in [0.15, 0.2) is 71.6 Å². The fraction of sp³-hybridized carbons (Fsp3) is 0.160. The first-order chi connectivity index (χ1) is 16.6. The van der Waals surface area contributed by atoms with E-state index in [0.717, 1.165) is 5.56 Å². The standard InChI is InChI=1S/C25H24N2O7S/c1-16-7-8-17(2)22(13-16)35(31,32)27-20-11-9-18(10-12-20)25(30)34-15-23(28)26-21-6-4-5-19(14-21)24(29)33-3/h4-14,27H,15H2,1-3H3,(H,26,28). The van der Waals surface area contributed by atoms with Gasteiger partial charge < -0.3 is 14.8 Å². The molecule has 0 heterocycles. The Labute approximate surface area is 203 Å². The number of methoxy groups -OCH3 is 1. The Morgan fingerprint density at radius 1 is 0.829 bits per heavy atom. The minimum Gasteiger partial charge on any atom is -0.465 e. The van der Waals surface area contributed by atoms with Crippen molar-refractivity contribution in [1.82, 2.24) is 0 Å². The molecule has 0 radical (unpaired) electrons. The molecule has 0 spiro atoms. The molecule has 0 aliphatic heterocycles. The molecular weight excluding hydrogens is 472 g/mol. The number of aryl methyl sites for hydroxylation is 2. The van der Waals surface area contributed by atoms with E-state index in [2.05, 4.69) is 14.8 Å². The first-order valence-electron chi connectivity index (χ1n) is 10.4. The highest BCUT2D eigenvalue weighted by Crippen LogP contribution is 2.21. The van der Waals surface area contributed by atoms with Crippen molar-refractivity contribution >= 4 is 39.2 Å². The number of benzene rings is 3. The summed E-state index contributed by atoms with van der Waals surface area (Å²) in [4.78, 5) is 36.1. The van der Waals surface area contributed by atoms with Crippen molar-refractivity contribution in [3.05, 3.63) is 89.0 Å². The van der Waals surface area contributed by atoms with E-state index in [0.29, 0.717) is 11.3 Å². The number of amides is 1. The van der Waals surface area contributed by atoms with Crippen molar-refractivity contribution in [2.45, 2.75) is 18.7 Å². The van der Waals surface area contributed by atoms with Gasteiger partial charge in [0.15, 0.2) is 6.61 Å². The Morgan fingerprint density at radius 2 is 1.54 bits per heavy atom. The van der Waals surface area contributed by atoms with Crippen LogP contribution in [0, 0.1) is 13.8 Å². The van der Waals surface area contributed by atoms with Gasteiger partial charge in [0.2, 0.25) is 0 Å². The van der Waals surface area contributed by atoms with Crippen LogP contribution in [0.4, 0.5) is 11.4 Å². The third kappa shape index (κ3) is 6.67. The van der Waals surface area contributed by atoms with Crippen LogP contribution in [-0.2, 0) is 24.3 Å². The lowest BCUT2D eigenvalue weighted by Crippen LogP contribution is -2.21. The minimum atomic E-state index is -3.81. The number of anilines is 2. The molecule has 0 atom stereocenters. The Balaban J connectivity index is 1.58. The summed E-state index contributed by atoms with van der Waals surface area (Å²) in [6.07, 6.45) is 0. The number of sulfonamides is 1. The number of carbonyl (C=O) groups is 3. The van der Waals surface area contributed by atoms with Crippen LogP contribution in [0.3, 0.4) is 0 Å². The maximum absolute atomic E-state index is 12.7. The third-order valence-corrected chi connectivity index (χ3v) is 6.43. The molecule has 10 heteroatoms. The maximum atomic E-state index is 12.7. The lowest BCUT2D eigenvalue weighted by atomic mass is 10.2. The highest BCUT2D eigenvalue weighted by atomic mass is 32.2. The second-order valence-electron chi connectivity index (χ2n) is 7.65. The van der Waals surface area contributed by atoms with Crippen LogP contribution in [-0.4, -0.2) is 40.0 Å². The predicted octanol–water partition coefficient (Wildman–Crippen LogP) is 3.69. The second kappa shape index (κ2) is 10.8. The molecule has 0 unspecified atom stereocenters. The second-order valence-corrected chi connectivity index (χ2v) is 9.30. The molecule has 1 amide bonds. The summed E-state index contributed by atoms with van der Waals surface area (Å²) < 4.78 is 37.6. The van der Waals surface area contributed by atoms with E-state index in [-0.39, 0.29) is 21.7 Å². The summed E-state index contributed by atoms with van der Waals surface area (Å²) in [7, 11) is -2.56. The lowest BCUT2D eigenvalue weighted by molar-refractivity contribution is -0.119. The average molecular weight is 497 g/mol. The topological polar surface area (TPSA) is 128 Å². The minimum absolute atomic E-state index is 0.139. The van der Waals surface area contributed by atoms with Gasteiger partial charge in [-0.3, -0.25) is 9.52 Å². The summed E-state index contributed by atoms with van der Waals surface area (Å²) in [5.74, 6) is -1.90. The number of hydrogen-bond acceptors (Lipinski definition) is 7. The quantitative estimate of drug-likeness (QED) is 0.455. The summed E-state index contributed by atoms with van der Waals surface area (Å²) in [6.45, 7) is 2.96. The number of rotatable bonds is 8. The van der Waals surface area contributed by atoms with Crippen molar-refractivity contribution in [3.63, 3.8) is 0 Å². The van der Waals surface area contributed by atoms with Gasteiger partial charge in [-0.2, -0.15) is 0 Å². The van der Waals surface area contributed by atoms with Crippen LogP contribution in [0.1, 0.15) is 31.8 Å². The summed E-state index contributed by atoms with van der Waals surface area (Å²) >= 11 is 0. The zero-order valence-corrected chi connectivity index (χ0v) is 20.1. The van der Waals surface area contributed by atoms with Gasteiger partial charge in [0.1, 0.15) is 0 Å². The predicted molar refractivity (Wildman–Crippen MR) is 130 cm³/mol. The summed E-state index contributed by atoms with van der Waals surface area (Å²) in [5.41, 5.74) is 2.43. The largest absolute Gasteiger partial charge is 0.465 e.